The van der Waals surface area contributed by atoms with E-state index in [9.17, 15) is 9.59 Å². The summed E-state index contributed by atoms with van der Waals surface area (Å²) in [7, 11) is 0. The molecule has 0 aromatic heterocycles. The minimum atomic E-state index is -0.169. The Bertz CT molecular complexity index is 510. The molecule has 4 nitrogen and oxygen atoms in total. The molecule has 21 heavy (non-hydrogen) atoms. The summed E-state index contributed by atoms with van der Waals surface area (Å²) in [6.07, 6.45) is 3.25. The van der Waals surface area contributed by atoms with Gasteiger partial charge < -0.3 is 10.6 Å². The van der Waals surface area contributed by atoms with Crippen molar-refractivity contribution in [2.45, 2.75) is 46.1 Å². The predicted molar refractivity (Wildman–Crippen MR) is 84.6 cm³/mol. The highest BCUT2D eigenvalue weighted by molar-refractivity contribution is 5.95. The van der Waals surface area contributed by atoms with Crippen LogP contribution < -0.4 is 10.6 Å². The number of amides is 2. The summed E-state index contributed by atoms with van der Waals surface area (Å²) in [5, 5.41) is 5.86. The van der Waals surface area contributed by atoms with Gasteiger partial charge in [0.15, 0.2) is 5.78 Å². The van der Waals surface area contributed by atoms with Crippen molar-refractivity contribution in [2.24, 2.45) is 11.8 Å². The van der Waals surface area contributed by atoms with Gasteiger partial charge in [0.05, 0.1) is 0 Å². The number of urea groups is 1. The summed E-state index contributed by atoms with van der Waals surface area (Å²) >= 11 is 0. The Morgan fingerprint density at radius 1 is 1.05 bits per heavy atom. The molecular formula is C17H24N2O2. The lowest BCUT2D eigenvalue weighted by molar-refractivity contribution is 0.101. The second-order valence-corrected chi connectivity index (χ2v) is 6.20. The molecule has 4 heteroatoms. The molecule has 3 atom stereocenters. The molecule has 0 spiro atoms. The molecule has 1 aromatic carbocycles. The zero-order valence-electron chi connectivity index (χ0n) is 13.0. The summed E-state index contributed by atoms with van der Waals surface area (Å²) in [6, 6.07) is 7.04. The minimum Gasteiger partial charge on any atom is -0.335 e. The third-order valence-corrected chi connectivity index (χ3v) is 4.48. The van der Waals surface area contributed by atoms with E-state index < -0.39 is 0 Å². The fourth-order valence-electron chi connectivity index (χ4n) is 2.82. The van der Waals surface area contributed by atoms with E-state index in [4.69, 9.17) is 0 Å². The first kappa shape index (κ1) is 15.5. The number of rotatable bonds is 3. The van der Waals surface area contributed by atoms with Crippen LogP contribution >= 0.6 is 0 Å². The highest BCUT2D eigenvalue weighted by Gasteiger charge is 2.25. The van der Waals surface area contributed by atoms with Crippen molar-refractivity contribution in [3.05, 3.63) is 29.8 Å². The Morgan fingerprint density at radius 3 is 2.29 bits per heavy atom. The minimum absolute atomic E-state index is 0.0244. The van der Waals surface area contributed by atoms with Gasteiger partial charge in [0.25, 0.3) is 0 Å². The van der Waals surface area contributed by atoms with E-state index in [-0.39, 0.29) is 17.9 Å². The summed E-state index contributed by atoms with van der Waals surface area (Å²) in [5.41, 5.74) is 1.35. The molecule has 2 rings (SSSR count). The molecule has 1 aliphatic rings. The van der Waals surface area contributed by atoms with Crippen molar-refractivity contribution in [1.29, 1.82) is 0 Å². The first-order valence-electron chi connectivity index (χ1n) is 7.64. The van der Waals surface area contributed by atoms with E-state index >= 15 is 0 Å². The summed E-state index contributed by atoms with van der Waals surface area (Å²) in [5.74, 6) is 1.42. The first-order chi connectivity index (χ1) is 9.95. The Labute approximate surface area is 126 Å². The number of nitrogens with one attached hydrogen (secondary N) is 2. The van der Waals surface area contributed by atoms with Gasteiger partial charge in [0, 0.05) is 17.3 Å². The van der Waals surface area contributed by atoms with Gasteiger partial charge in [0.1, 0.15) is 0 Å². The molecule has 1 saturated carbocycles. The fraction of sp³-hybridized carbons (Fsp3) is 0.529. The van der Waals surface area contributed by atoms with Crippen LogP contribution in [-0.2, 0) is 0 Å². The number of ketones is 1. The molecule has 3 unspecified atom stereocenters. The number of hydrogen-bond donors (Lipinski definition) is 2. The average molecular weight is 288 g/mol. The highest BCUT2D eigenvalue weighted by atomic mass is 16.2. The standard InChI is InChI=1S/C17H24N2O2/c1-11-4-7-16(10-12(11)2)19-17(21)18-15-8-5-14(6-9-15)13(3)20/h5-6,8-9,11-12,16H,4,7,10H2,1-3H3,(H2,18,19,21). The van der Waals surface area contributed by atoms with Crippen molar-refractivity contribution < 1.29 is 9.59 Å². The van der Waals surface area contributed by atoms with Crippen molar-refractivity contribution in [2.75, 3.05) is 5.32 Å². The Morgan fingerprint density at radius 2 is 1.71 bits per heavy atom. The van der Waals surface area contributed by atoms with Gasteiger partial charge in [-0.2, -0.15) is 0 Å². The number of anilines is 1. The van der Waals surface area contributed by atoms with Gasteiger partial charge in [-0.05, 0) is 62.3 Å². The Kier molecular flexibility index (Phi) is 4.99. The lowest BCUT2D eigenvalue weighted by Crippen LogP contribution is -2.41. The number of carbonyl (C=O) groups excluding carboxylic acids is 2. The summed E-state index contributed by atoms with van der Waals surface area (Å²) < 4.78 is 0. The van der Waals surface area contributed by atoms with E-state index in [0.717, 1.165) is 18.8 Å². The third kappa shape index (κ3) is 4.31. The molecule has 0 aliphatic heterocycles. The van der Waals surface area contributed by atoms with E-state index in [0.29, 0.717) is 17.2 Å². The molecule has 1 aliphatic carbocycles. The zero-order chi connectivity index (χ0) is 15.4. The van der Waals surface area contributed by atoms with Gasteiger partial charge in [-0.25, -0.2) is 4.79 Å². The number of carbonyl (C=O) groups is 2. The molecule has 114 valence electrons. The van der Waals surface area contributed by atoms with Crippen LogP contribution in [0, 0.1) is 11.8 Å². The van der Waals surface area contributed by atoms with Crippen LogP contribution in [0.4, 0.5) is 10.5 Å². The van der Waals surface area contributed by atoms with Gasteiger partial charge >= 0.3 is 6.03 Å². The third-order valence-electron chi connectivity index (χ3n) is 4.48. The summed E-state index contributed by atoms with van der Waals surface area (Å²) in [4.78, 5) is 23.2. The van der Waals surface area contributed by atoms with Crippen molar-refractivity contribution >= 4 is 17.5 Å². The van der Waals surface area contributed by atoms with Crippen LogP contribution in [0.5, 0.6) is 0 Å². The van der Waals surface area contributed by atoms with Gasteiger partial charge in [-0.15, -0.1) is 0 Å². The van der Waals surface area contributed by atoms with Gasteiger partial charge in [-0.3, -0.25) is 4.79 Å². The Hall–Kier alpha value is -1.84. The molecule has 0 saturated heterocycles. The fourth-order valence-corrected chi connectivity index (χ4v) is 2.82. The monoisotopic (exact) mass is 288 g/mol. The maximum absolute atomic E-state index is 12.0. The van der Waals surface area contributed by atoms with Crippen molar-refractivity contribution in [3.63, 3.8) is 0 Å². The van der Waals surface area contributed by atoms with E-state index in [2.05, 4.69) is 24.5 Å². The predicted octanol–water partition coefficient (Wildman–Crippen LogP) is 3.84. The highest BCUT2D eigenvalue weighted by Crippen LogP contribution is 2.29. The smallest absolute Gasteiger partial charge is 0.319 e. The van der Waals surface area contributed by atoms with Crippen LogP contribution in [0.2, 0.25) is 0 Å². The van der Waals surface area contributed by atoms with Crippen LogP contribution in [-0.4, -0.2) is 17.9 Å². The van der Waals surface area contributed by atoms with E-state index in [1.165, 1.54) is 13.3 Å². The van der Waals surface area contributed by atoms with Gasteiger partial charge in [0.2, 0.25) is 0 Å². The van der Waals surface area contributed by atoms with Crippen LogP contribution in [0.25, 0.3) is 0 Å². The van der Waals surface area contributed by atoms with Crippen LogP contribution in [0.3, 0.4) is 0 Å². The zero-order valence-corrected chi connectivity index (χ0v) is 13.0. The van der Waals surface area contributed by atoms with E-state index in [1.54, 1.807) is 24.3 Å². The first-order valence-corrected chi connectivity index (χ1v) is 7.64. The maximum Gasteiger partial charge on any atom is 0.319 e. The lowest BCUT2D eigenvalue weighted by atomic mass is 9.79. The molecule has 2 amide bonds. The Balaban J connectivity index is 1.85. The molecule has 1 fully saturated rings. The second-order valence-electron chi connectivity index (χ2n) is 6.20. The van der Waals surface area contributed by atoms with E-state index in [1.807, 2.05) is 0 Å². The van der Waals surface area contributed by atoms with Crippen LogP contribution in [0.15, 0.2) is 24.3 Å². The number of benzene rings is 1. The maximum atomic E-state index is 12.0. The molecule has 1 aromatic rings. The molecule has 0 radical (unpaired) electrons. The van der Waals surface area contributed by atoms with Crippen LogP contribution in [0.1, 0.15) is 50.4 Å². The largest absolute Gasteiger partial charge is 0.335 e. The number of hydrogen-bond acceptors (Lipinski definition) is 2. The average Bonchev–Trinajstić information content (AvgIpc) is 2.43. The SMILES string of the molecule is CC(=O)c1ccc(NC(=O)NC2CCC(C)C(C)C2)cc1. The van der Waals surface area contributed by atoms with Crippen molar-refractivity contribution in [3.8, 4) is 0 Å². The van der Waals surface area contributed by atoms with Gasteiger partial charge in [-0.1, -0.05) is 13.8 Å². The normalized spacial score (nSPS) is 25.2. The second kappa shape index (κ2) is 6.74. The number of Topliss-reactive ketones (excluding diaryl/α,β-unsaturated/α-hetero) is 1. The summed E-state index contributed by atoms with van der Waals surface area (Å²) in [6.45, 7) is 6.05. The molecule has 0 heterocycles. The lowest BCUT2D eigenvalue weighted by Gasteiger charge is -2.32. The topological polar surface area (TPSA) is 58.2 Å². The quantitative estimate of drug-likeness (QED) is 0.830. The molecule has 0 bridgehead atoms. The molecular weight excluding hydrogens is 264 g/mol. The molecule has 2 N–H and O–H groups in total. The van der Waals surface area contributed by atoms with Crippen molar-refractivity contribution in [1.82, 2.24) is 5.32 Å².